The zero-order valence-corrected chi connectivity index (χ0v) is 14.9. The Balaban J connectivity index is 1.17. The minimum absolute atomic E-state index is 0.144. The van der Waals surface area contributed by atoms with Crippen LogP contribution in [0.3, 0.4) is 0 Å². The normalized spacial score (nSPS) is 20.4. The van der Waals surface area contributed by atoms with Crippen LogP contribution in [0.5, 0.6) is 0 Å². The molecule has 0 N–H and O–H groups in total. The van der Waals surface area contributed by atoms with Crippen molar-refractivity contribution < 1.29 is 9.47 Å². The van der Waals surface area contributed by atoms with E-state index >= 15 is 0 Å². The SMILES string of the molecule is Brc1ccc(CCCCCCCC2CC3(C2)OCCO3)cc1. The molecule has 1 aliphatic carbocycles. The van der Waals surface area contributed by atoms with Crippen molar-refractivity contribution in [3.05, 3.63) is 34.3 Å². The monoisotopic (exact) mass is 366 g/mol. The van der Waals surface area contributed by atoms with Crippen molar-refractivity contribution >= 4 is 15.9 Å². The smallest absolute Gasteiger partial charge is 0.169 e. The molecule has 0 amide bonds. The lowest BCUT2D eigenvalue weighted by atomic mass is 9.76. The summed E-state index contributed by atoms with van der Waals surface area (Å²) in [6.45, 7) is 1.59. The predicted molar refractivity (Wildman–Crippen MR) is 92.9 cm³/mol. The van der Waals surface area contributed by atoms with Crippen LogP contribution in [0.15, 0.2) is 28.7 Å². The molecule has 122 valence electrons. The lowest BCUT2D eigenvalue weighted by molar-refractivity contribution is -0.231. The third kappa shape index (κ3) is 4.56. The minimum atomic E-state index is -0.144. The van der Waals surface area contributed by atoms with Crippen LogP contribution in [0.4, 0.5) is 0 Å². The maximum atomic E-state index is 5.69. The van der Waals surface area contributed by atoms with Gasteiger partial charge in [0.05, 0.1) is 13.2 Å². The highest BCUT2D eigenvalue weighted by Crippen LogP contribution is 2.46. The van der Waals surface area contributed by atoms with Gasteiger partial charge in [-0.2, -0.15) is 0 Å². The fourth-order valence-corrected chi connectivity index (χ4v) is 3.96. The molecular formula is C19H27BrO2. The summed E-state index contributed by atoms with van der Waals surface area (Å²) in [5.74, 6) is 0.705. The van der Waals surface area contributed by atoms with Gasteiger partial charge in [0.25, 0.3) is 0 Å². The van der Waals surface area contributed by atoms with E-state index in [2.05, 4.69) is 40.2 Å². The molecule has 3 heteroatoms. The van der Waals surface area contributed by atoms with Crippen molar-refractivity contribution in [3.8, 4) is 0 Å². The van der Waals surface area contributed by atoms with Gasteiger partial charge in [-0.05, 0) is 36.5 Å². The topological polar surface area (TPSA) is 18.5 Å². The molecule has 0 bridgehead atoms. The number of rotatable bonds is 8. The summed E-state index contributed by atoms with van der Waals surface area (Å²) in [7, 11) is 0. The first kappa shape index (κ1) is 16.5. The molecule has 1 heterocycles. The van der Waals surface area contributed by atoms with Gasteiger partial charge in [0, 0.05) is 17.3 Å². The summed E-state index contributed by atoms with van der Waals surface area (Å²) < 4.78 is 12.5. The van der Waals surface area contributed by atoms with Gasteiger partial charge in [-0.3, -0.25) is 0 Å². The second kappa shape index (κ2) is 7.94. The lowest BCUT2D eigenvalue weighted by Gasteiger charge is -2.43. The molecule has 3 rings (SSSR count). The Kier molecular flexibility index (Phi) is 5.95. The standard InChI is InChI=1S/C19H27BrO2/c20-18-10-8-16(9-11-18)6-4-2-1-3-5-7-17-14-19(15-17)21-12-13-22-19/h8-11,17H,1-7,12-15H2. The Morgan fingerprint density at radius 2 is 1.55 bits per heavy atom. The number of aryl methyl sites for hydroxylation is 1. The summed E-state index contributed by atoms with van der Waals surface area (Å²) in [4.78, 5) is 0. The zero-order valence-electron chi connectivity index (χ0n) is 13.4. The molecule has 0 aromatic heterocycles. The maximum absolute atomic E-state index is 5.69. The third-order valence-corrected chi connectivity index (χ3v) is 5.53. The van der Waals surface area contributed by atoms with Crippen molar-refractivity contribution in [2.24, 2.45) is 5.92 Å². The minimum Gasteiger partial charge on any atom is -0.348 e. The lowest BCUT2D eigenvalue weighted by Crippen LogP contribution is -2.44. The molecule has 0 unspecified atom stereocenters. The Hall–Kier alpha value is -0.380. The van der Waals surface area contributed by atoms with E-state index in [1.54, 1.807) is 0 Å². The molecule has 0 radical (unpaired) electrons. The second-order valence-electron chi connectivity index (χ2n) is 6.81. The van der Waals surface area contributed by atoms with E-state index in [0.29, 0.717) is 0 Å². The average Bonchev–Trinajstić information content (AvgIpc) is 2.97. The summed E-state index contributed by atoms with van der Waals surface area (Å²) >= 11 is 3.48. The Bertz CT molecular complexity index is 443. The first-order chi connectivity index (χ1) is 10.8. The molecule has 22 heavy (non-hydrogen) atoms. The number of hydrogen-bond acceptors (Lipinski definition) is 2. The Morgan fingerprint density at radius 1 is 0.909 bits per heavy atom. The largest absolute Gasteiger partial charge is 0.348 e. The molecule has 1 aliphatic heterocycles. The number of unbranched alkanes of at least 4 members (excludes halogenated alkanes) is 4. The highest BCUT2D eigenvalue weighted by Gasteiger charge is 2.48. The van der Waals surface area contributed by atoms with E-state index in [1.807, 2.05) is 0 Å². The molecular weight excluding hydrogens is 340 g/mol. The van der Waals surface area contributed by atoms with E-state index in [9.17, 15) is 0 Å². The highest BCUT2D eigenvalue weighted by molar-refractivity contribution is 9.10. The molecule has 1 aromatic rings. The number of hydrogen-bond donors (Lipinski definition) is 0. The van der Waals surface area contributed by atoms with E-state index in [-0.39, 0.29) is 5.79 Å². The molecule has 2 nitrogen and oxygen atoms in total. The fraction of sp³-hybridized carbons (Fsp3) is 0.684. The van der Waals surface area contributed by atoms with Crippen LogP contribution in [0, 0.1) is 5.92 Å². The van der Waals surface area contributed by atoms with Crippen LogP contribution in [-0.4, -0.2) is 19.0 Å². The van der Waals surface area contributed by atoms with Gasteiger partial charge in [-0.15, -0.1) is 0 Å². The van der Waals surface area contributed by atoms with Crippen molar-refractivity contribution in [3.63, 3.8) is 0 Å². The zero-order chi connectivity index (χ0) is 15.3. The van der Waals surface area contributed by atoms with Crippen molar-refractivity contribution in [2.75, 3.05) is 13.2 Å². The first-order valence-corrected chi connectivity index (χ1v) is 9.57. The van der Waals surface area contributed by atoms with Gasteiger partial charge in [0.2, 0.25) is 0 Å². The summed E-state index contributed by atoms with van der Waals surface area (Å²) in [5, 5.41) is 0. The van der Waals surface area contributed by atoms with Crippen LogP contribution >= 0.6 is 15.9 Å². The van der Waals surface area contributed by atoms with Crippen LogP contribution < -0.4 is 0 Å². The van der Waals surface area contributed by atoms with Crippen molar-refractivity contribution in [1.82, 2.24) is 0 Å². The van der Waals surface area contributed by atoms with Crippen LogP contribution in [0.2, 0.25) is 0 Å². The fourth-order valence-electron chi connectivity index (χ4n) is 3.70. The quantitative estimate of drug-likeness (QED) is 0.566. The Labute approximate surface area is 142 Å². The number of halogens is 1. The van der Waals surface area contributed by atoms with Gasteiger partial charge in [0.1, 0.15) is 0 Å². The van der Waals surface area contributed by atoms with Crippen molar-refractivity contribution in [2.45, 2.75) is 63.6 Å². The Morgan fingerprint density at radius 3 is 2.27 bits per heavy atom. The first-order valence-electron chi connectivity index (χ1n) is 8.78. The third-order valence-electron chi connectivity index (χ3n) is 5.00. The average molecular weight is 367 g/mol. The maximum Gasteiger partial charge on any atom is 0.169 e. The van der Waals surface area contributed by atoms with Crippen LogP contribution in [-0.2, 0) is 15.9 Å². The van der Waals surface area contributed by atoms with E-state index in [4.69, 9.17) is 9.47 Å². The predicted octanol–water partition coefficient (Wildman–Crippen LogP) is 5.49. The van der Waals surface area contributed by atoms with Crippen molar-refractivity contribution in [1.29, 1.82) is 0 Å². The van der Waals surface area contributed by atoms with Crippen LogP contribution in [0.1, 0.15) is 56.9 Å². The van der Waals surface area contributed by atoms with Gasteiger partial charge in [-0.25, -0.2) is 0 Å². The molecule has 2 aliphatic rings. The molecule has 1 aromatic carbocycles. The molecule has 1 spiro atoms. The van der Waals surface area contributed by atoms with E-state index < -0.39 is 0 Å². The van der Waals surface area contributed by atoms with Crippen LogP contribution in [0.25, 0.3) is 0 Å². The molecule has 1 saturated carbocycles. The molecule has 2 fully saturated rings. The van der Waals surface area contributed by atoms with Gasteiger partial charge < -0.3 is 9.47 Å². The van der Waals surface area contributed by atoms with Gasteiger partial charge in [-0.1, -0.05) is 60.2 Å². The van der Waals surface area contributed by atoms with Gasteiger partial charge >= 0.3 is 0 Å². The molecule has 0 atom stereocenters. The molecule has 1 saturated heterocycles. The van der Waals surface area contributed by atoms with E-state index in [1.165, 1.54) is 55.0 Å². The van der Waals surface area contributed by atoms with Gasteiger partial charge in [0.15, 0.2) is 5.79 Å². The summed E-state index contributed by atoms with van der Waals surface area (Å²) in [6.07, 6.45) is 11.7. The summed E-state index contributed by atoms with van der Waals surface area (Å²) in [5.41, 5.74) is 1.46. The number of ether oxygens (including phenoxy) is 2. The number of benzene rings is 1. The summed E-state index contributed by atoms with van der Waals surface area (Å²) in [6, 6.07) is 8.73. The second-order valence-corrected chi connectivity index (χ2v) is 7.73. The van der Waals surface area contributed by atoms with E-state index in [0.717, 1.165) is 32.0 Å². The highest BCUT2D eigenvalue weighted by atomic mass is 79.9.